The van der Waals surface area contributed by atoms with E-state index in [4.69, 9.17) is 0 Å². The van der Waals surface area contributed by atoms with Crippen LogP contribution in [0.4, 0.5) is 8.78 Å². The molecule has 0 aliphatic carbocycles. The number of halogens is 2. The Morgan fingerprint density at radius 1 is 1.23 bits per heavy atom. The summed E-state index contributed by atoms with van der Waals surface area (Å²) in [6.45, 7) is 1.97. The number of benzene rings is 1. The maximum atomic E-state index is 13.8. The van der Waals surface area contributed by atoms with Gasteiger partial charge in [-0.25, -0.2) is 8.78 Å². The average Bonchev–Trinajstić information content (AvgIpc) is 2.88. The predicted octanol–water partition coefficient (Wildman–Crippen LogP) is 3.40. The third kappa shape index (κ3) is 2.27. The fraction of sp³-hybridized carbons (Fsp3) is 0.235. The second kappa shape index (κ2) is 5.18. The molecule has 0 saturated carbocycles. The zero-order valence-electron chi connectivity index (χ0n) is 11.9. The smallest absolute Gasteiger partial charge is 0.148 e. The molecule has 1 aromatic carbocycles. The summed E-state index contributed by atoms with van der Waals surface area (Å²) in [5, 5.41) is 1.22. The van der Waals surface area contributed by atoms with Crippen LogP contribution in [0.3, 0.4) is 0 Å². The van der Waals surface area contributed by atoms with Crippen LogP contribution in [0.2, 0.25) is 0 Å². The number of rotatable bonds is 2. The van der Waals surface area contributed by atoms with Crippen LogP contribution >= 0.6 is 0 Å². The summed E-state index contributed by atoms with van der Waals surface area (Å²) in [6, 6.07) is 9.10. The summed E-state index contributed by atoms with van der Waals surface area (Å²) in [6.07, 6.45) is 1.96. The molecular weight excluding hydrogens is 284 g/mol. The van der Waals surface area contributed by atoms with Gasteiger partial charge in [-0.15, -0.1) is 0 Å². The molecule has 22 heavy (non-hydrogen) atoms. The lowest BCUT2D eigenvalue weighted by atomic mass is 10.0. The standard InChI is InChI=1S/C17H15F2N3/c18-11-7-14(19)17(20-8-11)10-22-6-5-16-13(9-22)12-3-1-2-4-15(12)21-16/h1-4,7-8,21H,5-6,9-10H2. The lowest BCUT2D eigenvalue weighted by Gasteiger charge is -2.26. The number of para-hydroxylation sites is 1. The minimum Gasteiger partial charge on any atom is -0.358 e. The number of nitrogens with one attached hydrogen (secondary N) is 1. The zero-order chi connectivity index (χ0) is 15.1. The molecule has 1 aliphatic heterocycles. The molecule has 4 rings (SSSR count). The fourth-order valence-corrected chi connectivity index (χ4v) is 3.13. The van der Waals surface area contributed by atoms with Gasteiger partial charge in [-0.3, -0.25) is 9.88 Å². The van der Waals surface area contributed by atoms with Gasteiger partial charge >= 0.3 is 0 Å². The molecule has 0 atom stereocenters. The lowest BCUT2D eigenvalue weighted by molar-refractivity contribution is 0.238. The lowest BCUT2D eigenvalue weighted by Crippen LogP contribution is -2.30. The maximum absolute atomic E-state index is 13.8. The molecule has 0 bridgehead atoms. The Kier molecular flexibility index (Phi) is 3.15. The van der Waals surface area contributed by atoms with Gasteiger partial charge in [-0.1, -0.05) is 18.2 Å². The number of fused-ring (bicyclic) bond motifs is 3. The second-order valence-corrected chi connectivity index (χ2v) is 5.67. The molecule has 0 radical (unpaired) electrons. The first-order valence-corrected chi connectivity index (χ1v) is 7.31. The third-order valence-electron chi connectivity index (χ3n) is 4.22. The van der Waals surface area contributed by atoms with Crippen molar-refractivity contribution in [3.8, 4) is 0 Å². The van der Waals surface area contributed by atoms with Crippen molar-refractivity contribution in [3.63, 3.8) is 0 Å². The van der Waals surface area contributed by atoms with E-state index in [2.05, 4.69) is 27.0 Å². The van der Waals surface area contributed by atoms with E-state index < -0.39 is 11.6 Å². The first-order chi connectivity index (χ1) is 10.7. The molecule has 0 saturated heterocycles. The van der Waals surface area contributed by atoms with Crippen LogP contribution in [0.15, 0.2) is 36.5 Å². The largest absolute Gasteiger partial charge is 0.358 e. The predicted molar refractivity (Wildman–Crippen MR) is 80.3 cm³/mol. The van der Waals surface area contributed by atoms with Crippen LogP contribution in [0, 0.1) is 11.6 Å². The summed E-state index contributed by atoms with van der Waals surface area (Å²) in [7, 11) is 0. The highest BCUT2D eigenvalue weighted by atomic mass is 19.1. The van der Waals surface area contributed by atoms with Gasteiger partial charge in [0.05, 0.1) is 11.9 Å². The maximum Gasteiger partial charge on any atom is 0.148 e. The molecule has 3 nitrogen and oxygen atoms in total. The molecule has 0 amide bonds. The Balaban J connectivity index is 1.61. The number of hydrogen-bond acceptors (Lipinski definition) is 2. The first kappa shape index (κ1) is 13.4. The average molecular weight is 299 g/mol. The molecule has 0 spiro atoms. The van der Waals surface area contributed by atoms with E-state index in [1.54, 1.807) is 0 Å². The Morgan fingerprint density at radius 3 is 2.95 bits per heavy atom. The van der Waals surface area contributed by atoms with Crippen molar-refractivity contribution in [2.45, 2.75) is 19.5 Å². The molecule has 1 N–H and O–H groups in total. The molecule has 3 aromatic rings. The van der Waals surface area contributed by atoms with Gasteiger partial charge in [0.1, 0.15) is 11.6 Å². The number of nitrogens with zero attached hydrogens (tertiary/aromatic N) is 2. The van der Waals surface area contributed by atoms with Crippen LogP contribution in [0.25, 0.3) is 10.9 Å². The van der Waals surface area contributed by atoms with E-state index in [1.165, 1.54) is 16.6 Å². The summed E-state index contributed by atoms with van der Waals surface area (Å²) in [5.74, 6) is -1.22. The molecular formula is C17H15F2N3. The highest BCUT2D eigenvalue weighted by molar-refractivity contribution is 5.84. The van der Waals surface area contributed by atoms with E-state index in [-0.39, 0.29) is 0 Å². The Morgan fingerprint density at radius 2 is 2.09 bits per heavy atom. The highest BCUT2D eigenvalue weighted by Crippen LogP contribution is 2.28. The van der Waals surface area contributed by atoms with Crippen LogP contribution in [-0.4, -0.2) is 21.4 Å². The zero-order valence-corrected chi connectivity index (χ0v) is 11.9. The second-order valence-electron chi connectivity index (χ2n) is 5.67. The van der Waals surface area contributed by atoms with Gasteiger partial charge in [0.15, 0.2) is 0 Å². The Hall–Kier alpha value is -2.27. The normalized spacial score (nSPS) is 15.2. The number of hydrogen-bond donors (Lipinski definition) is 1. The van der Waals surface area contributed by atoms with Crippen molar-refractivity contribution in [2.24, 2.45) is 0 Å². The van der Waals surface area contributed by atoms with E-state index in [0.29, 0.717) is 12.2 Å². The number of aromatic nitrogens is 2. The summed E-state index contributed by atoms with van der Waals surface area (Å²) in [5.41, 5.74) is 3.96. The van der Waals surface area contributed by atoms with Gasteiger partial charge in [0, 0.05) is 48.7 Å². The van der Waals surface area contributed by atoms with E-state index in [9.17, 15) is 8.78 Å². The molecule has 112 valence electrons. The van der Waals surface area contributed by atoms with Crippen LogP contribution in [-0.2, 0) is 19.5 Å². The van der Waals surface area contributed by atoms with E-state index in [0.717, 1.165) is 37.3 Å². The number of pyridine rings is 1. The van der Waals surface area contributed by atoms with Gasteiger partial charge < -0.3 is 4.98 Å². The molecule has 0 fully saturated rings. The van der Waals surface area contributed by atoms with Crippen LogP contribution in [0.5, 0.6) is 0 Å². The number of aromatic amines is 1. The van der Waals surface area contributed by atoms with Crippen molar-refractivity contribution < 1.29 is 8.78 Å². The van der Waals surface area contributed by atoms with Gasteiger partial charge in [-0.05, 0) is 11.6 Å². The van der Waals surface area contributed by atoms with E-state index in [1.807, 2.05) is 12.1 Å². The Bertz CT molecular complexity index is 841. The van der Waals surface area contributed by atoms with Crippen molar-refractivity contribution in [2.75, 3.05) is 6.54 Å². The summed E-state index contributed by atoms with van der Waals surface area (Å²) in [4.78, 5) is 9.48. The van der Waals surface area contributed by atoms with E-state index >= 15 is 0 Å². The molecule has 1 aliphatic rings. The highest BCUT2D eigenvalue weighted by Gasteiger charge is 2.21. The molecule has 5 heteroatoms. The van der Waals surface area contributed by atoms with Gasteiger partial charge in [0.2, 0.25) is 0 Å². The molecule has 0 unspecified atom stereocenters. The van der Waals surface area contributed by atoms with Crippen molar-refractivity contribution in [3.05, 3.63) is 65.1 Å². The minimum absolute atomic E-state index is 0.296. The fourth-order valence-electron chi connectivity index (χ4n) is 3.13. The summed E-state index contributed by atoms with van der Waals surface area (Å²) >= 11 is 0. The van der Waals surface area contributed by atoms with Crippen molar-refractivity contribution in [1.82, 2.24) is 14.9 Å². The van der Waals surface area contributed by atoms with Crippen molar-refractivity contribution >= 4 is 10.9 Å². The van der Waals surface area contributed by atoms with Crippen molar-refractivity contribution in [1.29, 1.82) is 0 Å². The number of H-pyrrole nitrogens is 1. The van der Waals surface area contributed by atoms with Crippen LogP contribution < -0.4 is 0 Å². The first-order valence-electron chi connectivity index (χ1n) is 7.31. The summed E-state index contributed by atoms with van der Waals surface area (Å²) < 4.78 is 26.7. The topological polar surface area (TPSA) is 31.9 Å². The van der Waals surface area contributed by atoms with Crippen LogP contribution in [0.1, 0.15) is 17.0 Å². The van der Waals surface area contributed by atoms with Gasteiger partial charge in [0.25, 0.3) is 0 Å². The molecule has 2 aromatic heterocycles. The Labute approximate surface area is 126 Å². The van der Waals surface area contributed by atoms with Gasteiger partial charge in [-0.2, -0.15) is 0 Å². The SMILES string of the molecule is Fc1cnc(CN2CCc3[nH]c4ccccc4c3C2)c(F)c1. The molecule has 3 heterocycles. The minimum atomic E-state index is -0.640. The quantitative estimate of drug-likeness (QED) is 0.786. The monoisotopic (exact) mass is 299 g/mol. The third-order valence-corrected chi connectivity index (χ3v) is 4.22.